The molecule has 1 unspecified atom stereocenters. The fraction of sp³-hybridized carbons (Fsp3) is 0.238. The summed E-state index contributed by atoms with van der Waals surface area (Å²) in [6.45, 7) is 2.92. The van der Waals surface area contributed by atoms with E-state index in [0.717, 1.165) is 12.1 Å². The Hall–Kier alpha value is -3.13. The molecule has 1 amide bonds. The van der Waals surface area contributed by atoms with Gasteiger partial charge in [0, 0.05) is 25.7 Å². The third-order valence-corrected chi connectivity index (χ3v) is 4.88. The molecule has 4 rings (SSSR count). The van der Waals surface area contributed by atoms with Gasteiger partial charge >= 0.3 is 0 Å². The minimum atomic E-state index is -0.771. The zero-order valence-corrected chi connectivity index (χ0v) is 15.6. The molecule has 1 aliphatic heterocycles. The van der Waals surface area contributed by atoms with Crippen LogP contribution in [0.3, 0.4) is 0 Å². The van der Waals surface area contributed by atoms with Gasteiger partial charge < -0.3 is 9.73 Å². The van der Waals surface area contributed by atoms with E-state index in [1.807, 2.05) is 4.90 Å². The van der Waals surface area contributed by atoms with Crippen LogP contribution in [0.2, 0.25) is 0 Å². The highest BCUT2D eigenvalue weighted by molar-refractivity contribution is 5.83. The Morgan fingerprint density at radius 3 is 2.72 bits per heavy atom. The molecule has 0 bridgehead atoms. The lowest BCUT2D eigenvalue weighted by atomic mass is 10.0. The predicted octanol–water partition coefficient (Wildman–Crippen LogP) is 3.74. The van der Waals surface area contributed by atoms with Crippen molar-refractivity contribution in [2.75, 3.05) is 13.1 Å². The summed E-state index contributed by atoms with van der Waals surface area (Å²) in [5.41, 5.74) is 1.12. The van der Waals surface area contributed by atoms with Gasteiger partial charge in [-0.15, -0.1) is 0 Å². The summed E-state index contributed by atoms with van der Waals surface area (Å²) in [7, 11) is 0. The fourth-order valence-corrected chi connectivity index (χ4v) is 3.47. The lowest BCUT2D eigenvalue weighted by molar-refractivity contribution is -0.129. The number of carbonyl (C=O) groups excluding carboxylic acids is 1. The zero-order valence-electron chi connectivity index (χ0n) is 15.6. The van der Waals surface area contributed by atoms with Gasteiger partial charge in [-0.2, -0.15) is 0 Å². The van der Waals surface area contributed by atoms with Crippen LogP contribution in [0.5, 0.6) is 0 Å². The van der Waals surface area contributed by atoms with Crippen LogP contribution in [0.15, 0.2) is 46.9 Å². The Kier molecular flexibility index (Phi) is 5.10. The SMILES string of the molecule is Cc1oc(-c2ccc(F)cc2F)nc1CN1CCNC(=O)C1c1cccc(F)c1. The van der Waals surface area contributed by atoms with Gasteiger partial charge in [-0.3, -0.25) is 9.69 Å². The number of hydrogen-bond acceptors (Lipinski definition) is 4. The summed E-state index contributed by atoms with van der Waals surface area (Å²) in [4.78, 5) is 18.7. The molecule has 150 valence electrons. The molecule has 1 saturated heterocycles. The van der Waals surface area contributed by atoms with E-state index < -0.39 is 23.5 Å². The van der Waals surface area contributed by atoms with E-state index in [0.29, 0.717) is 30.1 Å². The molecule has 2 heterocycles. The van der Waals surface area contributed by atoms with E-state index in [2.05, 4.69) is 10.3 Å². The van der Waals surface area contributed by atoms with Crippen LogP contribution in [0.25, 0.3) is 11.5 Å². The zero-order chi connectivity index (χ0) is 20.5. The second-order valence-electron chi connectivity index (χ2n) is 6.87. The Morgan fingerprint density at radius 2 is 1.97 bits per heavy atom. The van der Waals surface area contributed by atoms with E-state index in [-0.39, 0.29) is 23.9 Å². The number of amides is 1. The lowest BCUT2D eigenvalue weighted by Crippen LogP contribution is -2.49. The van der Waals surface area contributed by atoms with Gasteiger partial charge in [0.2, 0.25) is 11.8 Å². The van der Waals surface area contributed by atoms with Crippen molar-refractivity contribution < 1.29 is 22.4 Å². The monoisotopic (exact) mass is 401 g/mol. The van der Waals surface area contributed by atoms with Crippen LogP contribution in [-0.2, 0) is 11.3 Å². The van der Waals surface area contributed by atoms with E-state index in [1.54, 1.807) is 19.1 Å². The number of aromatic nitrogens is 1. The van der Waals surface area contributed by atoms with Gasteiger partial charge in [0.05, 0.1) is 11.3 Å². The number of nitrogens with zero attached hydrogens (tertiary/aromatic N) is 2. The third kappa shape index (κ3) is 3.88. The van der Waals surface area contributed by atoms with Gasteiger partial charge in [0.1, 0.15) is 29.3 Å². The highest BCUT2D eigenvalue weighted by Gasteiger charge is 2.32. The Morgan fingerprint density at radius 1 is 1.17 bits per heavy atom. The molecule has 0 spiro atoms. The summed E-state index contributed by atoms with van der Waals surface area (Å²) < 4.78 is 46.5. The number of piperazine rings is 1. The maximum Gasteiger partial charge on any atom is 0.242 e. The third-order valence-electron chi connectivity index (χ3n) is 4.88. The fourth-order valence-electron chi connectivity index (χ4n) is 3.47. The van der Waals surface area contributed by atoms with E-state index in [1.165, 1.54) is 18.2 Å². The smallest absolute Gasteiger partial charge is 0.242 e. The molecule has 1 fully saturated rings. The molecule has 5 nitrogen and oxygen atoms in total. The Balaban J connectivity index is 1.64. The number of carbonyl (C=O) groups is 1. The predicted molar refractivity (Wildman–Crippen MR) is 99.2 cm³/mol. The van der Waals surface area contributed by atoms with E-state index >= 15 is 0 Å². The van der Waals surface area contributed by atoms with Crippen LogP contribution < -0.4 is 5.32 Å². The average Bonchev–Trinajstić information content (AvgIpc) is 3.02. The molecule has 8 heteroatoms. The molecule has 0 radical (unpaired) electrons. The number of aryl methyl sites for hydroxylation is 1. The van der Waals surface area contributed by atoms with Crippen LogP contribution in [0.1, 0.15) is 23.1 Å². The van der Waals surface area contributed by atoms with Crippen LogP contribution >= 0.6 is 0 Å². The largest absolute Gasteiger partial charge is 0.441 e. The molecule has 1 atom stereocenters. The van der Waals surface area contributed by atoms with Crippen molar-refractivity contribution in [2.24, 2.45) is 0 Å². The van der Waals surface area contributed by atoms with E-state index in [9.17, 15) is 18.0 Å². The number of rotatable bonds is 4. The summed E-state index contributed by atoms with van der Waals surface area (Å²) in [6.07, 6.45) is 0. The summed E-state index contributed by atoms with van der Waals surface area (Å²) in [5, 5.41) is 2.79. The Bertz CT molecular complexity index is 1070. The first-order chi connectivity index (χ1) is 13.9. The van der Waals surface area contributed by atoms with Crippen molar-refractivity contribution in [3.05, 3.63) is 76.9 Å². The topological polar surface area (TPSA) is 58.4 Å². The first-order valence-corrected chi connectivity index (χ1v) is 9.11. The molecule has 0 aliphatic carbocycles. The molecule has 3 aromatic rings. The van der Waals surface area contributed by atoms with Crippen molar-refractivity contribution in [3.8, 4) is 11.5 Å². The van der Waals surface area contributed by atoms with Crippen molar-refractivity contribution >= 4 is 5.91 Å². The molecular weight excluding hydrogens is 383 g/mol. The first-order valence-electron chi connectivity index (χ1n) is 9.11. The van der Waals surface area contributed by atoms with Gasteiger partial charge in [-0.25, -0.2) is 18.2 Å². The van der Waals surface area contributed by atoms with Crippen LogP contribution in [-0.4, -0.2) is 28.9 Å². The molecular formula is C21H18F3N3O2. The first kappa shape index (κ1) is 19.2. The quantitative estimate of drug-likeness (QED) is 0.724. The molecule has 1 aliphatic rings. The average molecular weight is 401 g/mol. The molecule has 29 heavy (non-hydrogen) atoms. The minimum absolute atomic E-state index is 0.0405. The number of benzene rings is 2. The van der Waals surface area contributed by atoms with Gasteiger partial charge in [-0.1, -0.05) is 12.1 Å². The standard InChI is InChI=1S/C21H18F3N3O2/c1-12-18(26-21(29-12)16-6-5-15(23)10-17(16)24)11-27-8-7-25-20(28)19(27)13-3-2-4-14(22)9-13/h2-6,9-10,19H,7-8,11H2,1H3,(H,25,28). The molecule has 1 N–H and O–H groups in total. The molecule has 2 aromatic carbocycles. The van der Waals surface area contributed by atoms with Crippen LogP contribution in [0, 0.1) is 24.4 Å². The van der Waals surface area contributed by atoms with E-state index in [4.69, 9.17) is 4.42 Å². The second-order valence-corrected chi connectivity index (χ2v) is 6.87. The number of hydrogen-bond donors (Lipinski definition) is 1. The van der Waals surface area contributed by atoms with Crippen molar-refractivity contribution in [1.29, 1.82) is 0 Å². The molecule has 0 saturated carbocycles. The van der Waals surface area contributed by atoms with Gasteiger partial charge in [0.15, 0.2) is 0 Å². The Labute approximate surface area is 165 Å². The number of oxazole rings is 1. The van der Waals surface area contributed by atoms with Gasteiger partial charge in [0.25, 0.3) is 0 Å². The van der Waals surface area contributed by atoms with Gasteiger partial charge in [-0.05, 0) is 36.8 Å². The van der Waals surface area contributed by atoms with Crippen molar-refractivity contribution in [2.45, 2.75) is 19.5 Å². The molecule has 1 aromatic heterocycles. The highest BCUT2D eigenvalue weighted by atomic mass is 19.1. The minimum Gasteiger partial charge on any atom is -0.441 e. The van der Waals surface area contributed by atoms with Crippen molar-refractivity contribution in [3.63, 3.8) is 0 Å². The maximum atomic E-state index is 14.1. The summed E-state index contributed by atoms with van der Waals surface area (Å²) in [6, 6.07) is 8.39. The summed E-state index contributed by atoms with van der Waals surface area (Å²) in [5.74, 6) is -1.61. The maximum absolute atomic E-state index is 14.1. The summed E-state index contributed by atoms with van der Waals surface area (Å²) >= 11 is 0. The van der Waals surface area contributed by atoms with Crippen molar-refractivity contribution in [1.82, 2.24) is 15.2 Å². The lowest BCUT2D eigenvalue weighted by Gasteiger charge is -2.34. The van der Waals surface area contributed by atoms with Crippen LogP contribution in [0.4, 0.5) is 13.2 Å². The number of halogens is 3. The number of nitrogens with one attached hydrogen (secondary N) is 1. The highest BCUT2D eigenvalue weighted by Crippen LogP contribution is 2.29. The normalized spacial score (nSPS) is 17.4. The second kappa shape index (κ2) is 7.71.